The second-order valence-corrected chi connectivity index (χ2v) is 4.01. The average molecular weight is 215 g/mol. The van der Waals surface area contributed by atoms with Gasteiger partial charge in [0, 0.05) is 5.69 Å². The second kappa shape index (κ2) is 4.94. The Hall–Kier alpha value is -1.61. The van der Waals surface area contributed by atoms with Gasteiger partial charge in [0.2, 0.25) is 0 Å². The number of hydrogen-bond donors (Lipinski definition) is 2. The van der Waals surface area contributed by atoms with Crippen LogP contribution < -0.4 is 5.32 Å². The zero-order chi connectivity index (χ0) is 11.4. The van der Waals surface area contributed by atoms with E-state index in [1.165, 1.54) is 5.56 Å². The van der Waals surface area contributed by atoms with Crippen molar-refractivity contribution in [1.29, 1.82) is 0 Å². The minimum Gasteiger partial charge on any atom is -0.311 e. The Bertz CT molecular complexity index is 433. The van der Waals surface area contributed by atoms with E-state index in [1.54, 1.807) is 0 Å². The van der Waals surface area contributed by atoms with Crippen LogP contribution in [0.3, 0.4) is 0 Å². The van der Waals surface area contributed by atoms with E-state index in [0.717, 1.165) is 17.8 Å². The molecule has 3 nitrogen and oxygen atoms in total. The molecule has 0 saturated carbocycles. The molecule has 0 aliphatic rings. The lowest BCUT2D eigenvalue weighted by Crippen LogP contribution is -2.19. The van der Waals surface area contributed by atoms with Crippen molar-refractivity contribution in [3.8, 4) is 0 Å². The summed E-state index contributed by atoms with van der Waals surface area (Å²) in [7, 11) is 1.97. The van der Waals surface area contributed by atoms with E-state index in [0.29, 0.717) is 0 Å². The molecule has 2 N–H and O–H groups in total. The van der Waals surface area contributed by atoms with Crippen LogP contribution in [0.1, 0.15) is 23.0 Å². The van der Waals surface area contributed by atoms with Gasteiger partial charge in [0.25, 0.3) is 0 Å². The lowest BCUT2D eigenvalue weighted by atomic mass is 10.0. The summed E-state index contributed by atoms with van der Waals surface area (Å²) in [5.74, 6) is 0. The summed E-state index contributed by atoms with van der Waals surface area (Å²) >= 11 is 0. The van der Waals surface area contributed by atoms with Crippen LogP contribution in [0.5, 0.6) is 0 Å². The molecule has 1 atom stereocenters. The van der Waals surface area contributed by atoms with Crippen LogP contribution in [-0.2, 0) is 6.42 Å². The van der Waals surface area contributed by atoms with E-state index >= 15 is 0 Å². The SMILES string of the molecule is CNC(Cc1ccccc1)c1cc(C)[nH]n1. The lowest BCUT2D eigenvalue weighted by molar-refractivity contribution is 0.574. The van der Waals surface area contributed by atoms with E-state index in [9.17, 15) is 0 Å². The second-order valence-electron chi connectivity index (χ2n) is 4.01. The normalized spacial score (nSPS) is 12.6. The van der Waals surface area contributed by atoms with E-state index < -0.39 is 0 Å². The third-order valence-electron chi connectivity index (χ3n) is 2.71. The molecular weight excluding hydrogens is 198 g/mol. The molecule has 0 aliphatic carbocycles. The highest BCUT2D eigenvalue weighted by Gasteiger charge is 2.12. The largest absolute Gasteiger partial charge is 0.311 e. The number of nitrogens with one attached hydrogen (secondary N) is 2. The van der Waals surface area contributed by atoms with Gasteiger partial charge in [-0.25, -0.2) is 0 Å². The summed E-state index contributed by atoms with van der Waals surface area (Å²) in [4.78, 5) is 0. The van der Waals surface area contributed by atoms with Gasteiger partial charge < -0.3 is 5.32 Å². The average Bonchev–Trinajstić information content (AvgIpc) is 2.74. The maximum atomic E-state index is 4.30. The van der Waals surface area contributed by atoms with Crippen LogP contribution >= 0.6 is 0 Å². The molecule has 3 heteroatoms. The summed E-state index contributed by atoms with van der Waals surface area (Å²) in [6, 6.07) is 12.8. The first-order valence-electron chi connectivity index (χ1n) is 5.52. The molecule has 1 aromatic heterocycles. The van der Waals surface area contributed by atoms with E-state index in [4.69, 9.17) is 0 Å². The number of nitrogens with zero attached hydrogens (tertiary/aromatic N) is 1. The molecule has 0 spiro atoms. The molecular formula is C13H17N3. The van der Waals surface area contributed by atoms with E-state index in [1.807, 2.05) is 20.0 Å². The van der Waals surface area contributed by atoms with E-state index in [-0.39, 0.29) is 6.04 Å². The maximum absolute atomic E-state index is 4.30. The number of rotatable bonds is 4. The minimum absolute atomic E-state index is 0.271. The molecule has 0 saturated heterocycles. The van der Waals surface area contributed by atoms with Crippen molar-refractivity contribution in [3.63, 3.8) is 0 Å². The van der Waals surface area contributed by atoms with Crippen LogP contribution in [0.15, 0.2) is 36.4 Å². The first-order chi connectivity index (χ1) is 7.79. The van der Waals surface area contributed by atoms with Gasteiger partial charge in [-0.2, -0.15) is 5.10 Å². The highest BCUT2D eigenvalue weighted by Crippen LogP contribution is 2.16. The van der Waals surface area contributed by atoms with Crippen LogP contribution in [0, 0.1) is 6.92 Å². The Kier molecular flexibility index (Phi) is 3.37. The van der Waals surface area contributed by atoms with Gasteiger partial charge in [0.15, 0.2) is 0 Å². The fraction of sp³-hybridized carbons (Fsp3) is 0.308. The van der Waals surface area contributed by atoms with Crippen LogP contribution in [0.4, 0.5) is 0 Å². The molecule has 2 aromatic rings. The molecule has 0 radical (unpaired) electrons. The Labute approximate surface area is 95.9 Å². The molecule has 0 amide bonds. The van der Waals surface area contributed by atoms with Gasteiger partial charge in [0.1, 0.15) is 0 Å². The number of H-pyrrole nitrogens is 1. The van der Waals surface area contributed by atoms with Gasteiger partial charge in [-0.05, 0) is 32.0 Å². The van der Waals surface area contributed by atoms with Crippen molar-refractivity contribution in [2.24, 2.45) is 0 Å². The Morgan fingerprint density at radius 3 is 2.62 bits per heavy atom. The molecule has 16 heavy (non-hydrogen) atoms. The monoisotopic (exact) mass is 215 g/mol. The molecule has 0 aliphatic heterocycles. The van der Waals surface area contributed by atoms with Crippen molar-refractivity contribution < 1.29 is 0 Å². The van der Waals surface area contributed by atoms with Gasteiger partial charge >= 0.3 is 0 Å². The smallest absolute Gasteiger partial charge is 0.0797 e. The molecule has 0 bridgehead atoms. The molecule has 1 heterocycles. The van der Waals surface area contributed by atoms with Crippen LogP contribution in [-0.4, -0.2) is 17.2 Å². The van der Waals surface area contributed by atoms with Crippen molar-refractivity contribution in [3.05, 3.63) is 53.3 Å². The van der Waals surface area contributed by atoms with Gasteiger partial charge in [-0.15, -0.1) is 0 Å². The number of aromatic nitrogens is 2. The summed E-state index contributed by atoms with van der Waals surface area (Å²) in [6.45, 7) is 2.02. The zero-order valence-corrected chi connectivity index (χ0v) is 9.70. The predicted octanol–water partition coefficient (Wildman–Crippen LogP) is 2.22. The Morgan fingerprint density at radius 1 is 1.31 bits per heavy atom. The van der Waals surface area contributed by atoms with Gasteiger partial charge in [-0.1, -0.05) is 30.3 Å². The number of aryl methyl sites for hydroxylation is 1. The standard InChI is InChI=1S/C13H17N3/c1-10-8-13(16-15-10)12(14-2)9-11-6-4-3-5-7-11/h3-8,12,14H,9H2,1-2H3,(H,15,16). The number of hydrogen-bond acceptors (Lipinski definition) is 2. The predicted molar refractivity (Wildman–Crippen MR) is 65.3 cm³/mol. The first-order valence-corrected chi connectivity index (χ1v) is 5.52. The van der Waals surface area contributed by atoms with Crippen molar-refractivity contribution in [2.75, 3.05) is 7.05 Å². The van der Waals surface area contributed by atoms with Gasteiger partial charge in [-0.3, -0.25) is 5.10 Å². The molecule has 84 valence electrons. The fourth-order valence-corrected chi connectivity index (χ4v) is 1.82. The molecule has 1 aromatic carbocycles. The third kappa shape index (κ3) is 2.49. The Balaban J connectivity index is 2.12. The number of likely N-dealkylation sites (N-methyl/N-ethyl adjacent to an activating group) is 1. The molecule has 2 rings (SSSR count). The summed E-state index contributed by atoms with van der Waals surface area (Å²) < 4.78 is 0. The lowest BCUT2D eigenvalue weighted by Gasteiger charge is -2.13. The number of benzene rings is 1. The summed E-state index contributed by atoms with van der Waals surface area (Å²) in [6.07, 6.45) is 0.960. The highest BCUT2D eigenvalue weighted by atomic mass is 15.1. The van der Waals surface area contributed by atoms with Crippen molar-refractivity contribution >= 4 is 0 Å². The number of aromatic amines is 1. The molecule has 1 unspecified atom stereocenters. The maximum Gasteiger partial charge on any atom is 0.0797 e. The Morgan fingerprint density at radius 2 is 2.06 bits per heavy atom. The zero-order valence-electron chi connectivity index (χ0n) is 9.70. The minimum atomic E-state index is 0.271. The van der Waals surface area contributed by atoms with E-state index in [2.05, 4.69) is 45.8 Å². The fourth-order valence-electron chi connectivity index (χ4n) is 1.82. The van der Waals surface area contributed by atoms with Gasteiger partial charge in [0.05, 0.1) is 11.7 Å². The first kappa shape index (κ1) is 10.9. The van der Waals surface area contributed by atoms with Crippen LogP contribution in [0.25, 0.3) is 0 Å². The van der Waals surface area contributed by atoms with Crippen molar-refractivity contribution in [2.45, 2.75) is 19.4 Å². The topological polar surface area (TPSA) is 40.7 Å². The third-order valence-corrected chi connectivity index (χ3v) is 2.71. The van der Waals surface area contributed by atoms with Crippen LogP contribution in [0.2, 0.25) is 0 Å². The van der Waals surface area contributed by atoms with Crippen molar-refractivity contribution in [1.82, 2.24) is 15.5 Å². The molecule has 0 fully saturated rings. The highest BCUT2D eigenvalue weighted by molar-refractivity contribution is 5.19. The summed E-state index contributed by atoms with van der Waals surface area (Å²) in [5.41, 5.74) is 3.50. The summed E-state index contributed by atoms with van der Waals surface area (Å²) in [5, 5.41) is 10.6. The quantitative estimate of drug-likeness (QED) is 0.821.